The quantitative estimate of drug-likeness (QED) is 0.304. The van der Waals surface area contributed by atoms with Crippen LogP contribution in [0.2, 0.25) is 0 Å². The average Bonchev–Trinajstić information content (AvgIpc) is 2.65. The van der Waals surface area contributed by atoms with E-state index in [0.717, 1.165) is 37.0 Å². The second-order valence-electron chi connectivity index (χ2n) is 5.62. The number of benzene rings is 2. The van der Waals surface area contributed by atoms with Gasteiger partial charge >= 0.3 is 5.97 Å². The van der Waals surface area contributed by atoms with Gasteiger partial charge in [0.15, 0.2) is 0 Å². The van der Waals surface area contributed by atoms with E-state index < -0.39 is 5.97 Å². The third-order valence-electron chi connectivity index (χ3n) is 3.57. The zero-order valence-electron chi connectivity index (χ0n) is 14.3. The largest absolute Gasteiger partial charge is 0.494 e. The van der Waals surface area contributed by atoms with E-state index in [1.54, 1.807) is 30.3 Å². The van der Waals surface area contributed by atoms with Crippen molar-refractivity contribution in [3.8, 4) is 11.5 Å². The van der Waals surface area contributed by atoms with Crippen molar-refractivity contribution in [1.29, 1.82) is 0 Å². The van der Waals surface area contributed by atoms with Gasteiger partial charge in [0.2, 0.25) is 0 Å². The van der Waals surface area contributed by atoms with Crippen molar-refractivity contribution in [2.75, 3.05) is 13.2 Å². The highest BCUT2D eigenvalue weighted by Crippen LogP contribution is 2.18. The van der Waals surface area contributed by atoms with Crippen LogP contribution in [0.4, 0.5) is 0 Å². The maximum Gasteiger partial charge on any atom is 0.336 e. The van der Waals surface area contributed by atoms with E-state index in [-0.39, 0.29) is 6.61 Å². The fourth-order valence-electron chi connectivity index (χ4n) is 2.24. The summed E-state index contributed by atoms with van der Waals surface area (Å²) in [6.07, 6.45) is 7.00. The lowest BCUT2D eigenvalue weighted by molar-refractivity contribution is -0.128. The zero-order chi connectivity index (χ0) is 17.7. The molecule has 0 radical (unpaired) electrons. The Kier molecular flexibility index (Phi) is 8.29. The number of hydrogen-bond donors (Lipinski definition) is 1. The molecule has 0 amide bonds. The molecule has 132 valence electrons. The number of rotatable bonds is 10. The fourth-order valence-corrected chi connectivity index (χ4v) is 2.24. The number of aliphatic hydroxyl groups excluding tert-OH is 1. The molecule has 0 fully saturated rings. The van der Waals surface area contributed by atoms with Gasteiger partial charge in [-0.1, -0.05) is 36.8 Å². The Morgan fingerprint density at radius 3 is 2.28 bits per heavy atom. The molecular formula is C21H24O4. The van der Waals surface area contributed by atoms with Crippen LogP contribution < -0.4 is 9.47 Å². The van der Waals surface area contributed by atoms with E-state index in [1.165, 1.54) is 6.08 Å². The topological polar surface area (TPSA) is 55.8 Å². The minimum Gasteiger partial charge on any atom is -0.494 e. The molecule has 0 bridgehead atoms. The summed E-state index contributed by atoms with van der Waals surface area (Å²) in [5.41, 5.74) is 0.946. The highest BCUT2D eigenvalue weighted by molar-refractivity contribution is 5.88. The summed E-state index contributed by atoms with van der Waals surface area (Å²) in [4.78, 5) is 11.8. The van der Waals surface area contributed by atoms with Crippen LogP contribution in [0.3, 0.4) is 0 Å². The van der Waals surface area contributed by atoms with Gasteiger partial charge in [-0.3, -0.25) is 0 Å². The SMILES string of the molecule is O=C(C=Cc1ccccc1)Oc1ccc(OCCCCCCO)cc1. The van der Waals surface area contributed by atoms with E-state index in [0.29, 0.717) is 12.4 Å². The van der Waals surface area contributed by atoms with Crippen LogP contribution in [0.15, 0.2) is 60.7 Å². The summed E-state index contributed by atoms with van der Waals surface area (Å²) in [5, 5.41) is 8.71. The number of ether oxygens (including phenoxy) is 2. The van der Waals surface area contributed by atoms with Gasteiger partial charge in [-0.25, -0.2) is 4.79 Å². The number of aliphatic hydroxyl groups is 1. The minimum absolute atomic E-state index is 0.252. The lowest BCUT2D eigenvalue weighted by Gasteiger charge is -2.07. The molecule has 0 aromatic heterocycles. The molecule has 2 aromatic rings. The standard InChI is InChI=1S/C21H24O4/c22-16-6-1-2-7-17-24-19-11-13-20(14-12-19)25-21(23)15-10-18-8-4-3-5-9-18/h3-5,8-15,22H,1-2,6-7,16-17H2. The molecule has 0 saturated heterocycles. The molecule has 0 aliphatic heterocycles. The Balaban J connectivity index is 1.72. The maximum absolute atomic E-state index is 11.8. The number of esters is 1. The highest BCUT2D eigenvalue weighted by atomic mass is 16.5. The lowest BCUT2D eigenvalue weighted by atomic mass is 10.2. The van der Waals surface area contributed by atoms with E-state index in [4.69, 9.17) is 14.6 Å². The van der Waals surface area contributed by atoms with Crippen molar-refractivity contribution < 1.29 is 19.4 Å². The van der Waals surface area contributed by atoms with E-state index >= 15 is 0 Å². The summed E-state index contributed by atoms with van der Waals surface area (Å²) in [6.45, 7) is 0.895. The van der Waals surface area contributed by atoms with E-state index in [2.05, 4.69) is 0 Å². The van der Waals surface area contributed by atoms with Gasteiger partial charge in [0, 0.05) is 12.7 Å². The van der Waals surface area contributed by atoms with Crippen molar-refractivity contribution in [2.24, 2.45) is 0 Å². The molecule has 2 aromatic carbocycles. The third kappa shape index (κ3) is 7.68. The van der Waals surface area contributed by atoms with E-state index in [1.807, 2.05) is 30.3 Å². The van der Waals surface area contributed by atoms with Crippen molar-refractivity contribution >= 4 is 12.0 Å². The van der Waals surface area contributed by atoms with Gasteiger partial charge in [-0.15, -0.1) is 0 Å². The lowest BCUT2D eigenvalue weighted by Crippen LogP contribution is -2.03. The number of hydrogen-bond acceptors (Lipinski definition) is 4. The predicted octanol–water partition coefficient (Wildman–Crippen LogP) is 4.24. The van der Waals surface area contributed by atoms with Crippen LogP contribution in [0.5, 0.6) is 11.5 Å². The van der Waals surface area contributed by atoms with E-state index in [9.17, 15) is 4.79 Å². The number of unbranched alkanes of at least 4 members (excludes halogenated alkanes) is 3. The van der Waals surface area contributed by atoms with Crippen molar-refractivity contribution in [3.05, 3.63) is 66.2 Å². The Morgan fingerprint density at radius 1 is 0.880 bits per heavy atom. The second kappa shape index (κ2) is 11.0. The average molecular weight is 340 g/mol. The summed E-state index contributed by atoms with van der Waals surface area (Å²) < 4.78 is 10.9. The van der Waals surface area contributed by atoms with Crippen LogP contribution in [-0.2, 0) is 4.79 Å². The minimum atomic E-state index is -0.415. The summed E-state index contributed by atoms with van der Waals surface area (Å²) >= 11 is 0. The molecule has 4 heteroatoms. The third-order valence-corrected chi connectivity index (χ3v) is 3.57. The Morgan fingerprint density at radius 2 is 1.56 bits per heavy atom. The molecule has 0 atom stereocenters. The smallest absolute Gasteiger partial charge is 0.336 e. The normalized spacial score (nSPS) is 10.8. The molecule has 0 saturated carbocycles. The molecule has 0 spiro atoms. The molecule has 4 nitrogen and oxygen atoms in total. The Bertz CT molecular complexity index is 647. The molecule has 0 aliphatic rings. The van der Waals surface area contributed by atoms with Crippen molar-refractivity contribution in [1.82, 2.24) is 0 Å². The van der Waals surface area contributed by atoms with Crippen molar-refractivity contribution in [3.63, 3.8) is 0 Å². The first-order chi connectivity index (χ1) is 12.3. The number of carbonyl (C=O) groups is 1. The maximum atomic E-state index is 11.8. The van der Waals surface area contributed by atoms with Gasteiger partial charge in [0.25, 0.3) is 0 Å². The molecule has 0 heterocycles. The van der Waals surface area contributed by atoms with Gasteiger partial charge < -0.3 is 14.6 Å². The second-order valence-corrected chi connectivity index (χ2v) is 5.62. The van der Waals surface area contributed by atoms with Crippen LogP contribution >= 0.6 is 0 Å². The van der Waals surface area contributed by atoms with Crippen molar-refractivity contribution in [2.45, 2.75) is 25.7 Å². The Hall–Kier alpha value is -2.59. The van der Waals surface area contributed by atoms with Gasteiger partial charge in [0.05, 0.1) is 6.61 Å². The summed E-state index contributed by atoms with van der Waals surface area (Å²) in [5.74, 6) is 0.821. The van der Waals surface area contributed by atoms with Gasteiger partial charge in [-0.05, 0) is 55.2 Å². The first kappa shape index (κ1) is 18.7. The molecule has 25 heavy (non-hydrogen) atoms. The molecule has 2 rings (SSSR count). The fraction of sp³-hybridized carbons (Fsp3) is 0.286. The summed E-state index contributed by atoms with van der Waals surface area (Å²) in [7, 11) is 0. The summed E-state index contributed by atoms with van der Waals surface area (Å²) in [6, 6.07) is 16.6. The monoisotopic (exact) mass is 340 g/mol. The van der Waals surface area contributed by atoms with Crippen LogP contribution in [-0.4, -0.2) is 24.3 Å². The van der Waals surface area contributed by atoms with Gasteiger partial charge in [0.1, 0.15) is 11.5 Å². The predicted molar refractivity (Wildman–Crippen MR) is 98.6 cm³/mol. The molecule has 0 unspecified atom stereocenters. The molecular weight excluding hydrogens is 316 g/mol. The Labute approximate surface area is 148 Å². The highest BCUT2D eigenvalue weighted by Gasteiger charge is 2.01. The van der Waals surface area contributed by atoms with Crippen LogP contribution in [0.1, 0.15) is 31.2 Å². The molecule has 1 N–H and O–H groups in total. The first-order valence-corrected chi connectivity index (χ1v) is 8.56. The number of carbonyl (C=O) groups excluding carboxylic acids is 1. The van der Waals surface area contributed by atoms with Crippen LogP contribution in [0, 0.1) is 0 Å². The first-order valence-electron chi connectivity index (χ1n) is 8.56. The van der Waals surface area contributed by atoms with Crippen LogP contribution in [0.25, 0.3) is 6.08 Å². The zero-order valence-corrected chi connectivity index (χ0v) is 14.3. The van der Waals surface area contributed by atoms with Gasteiger partial charge in [-0.2, -0.15) is 0 Å². The molecule has 0 aliphatic carbocycles.